The smallest absolute Gasteiger partial charge is 0.221 e. The van der Waals surface area contributed by atoms with Crippen LogP contribution in [-0.2, 0) is 6.42 Å². The molecule has 1 aromatic carbocycles. The number of benzene rings is 1. The molecule has 4 nitrogen and oxygen atoms in total. The van der Waals surface area contributed by atoms with Gasteiger partial charge in [-0.05, 0) is 24.1 Å². The van der Waals surface area contributed by atoms with E-state index in [9.17, 15) is 8.78 Å². The van der Waals surface area contributed by atoms with Crippen LogP contribution in [0.25, 0.3) is 0 Å². The topological polar surface area (TPSA) is 42.7 Å². The highest BCUT2D eigenvalue weighted by atomic mass is 19.2. The lowest BCUT2D eigenvalue weighted by atomic mass is 10.0. The van der Waals surface area contributed by atoms with Crippen LogP contribution < -0.4 is 5.32 Å². The van der Waals surface area contributed by atoms with Crippen molar-refractivity contribution < 1.29 is 8.78 Å². The SMILES string of the molecule is CCc1nc2n(n1)C(c1ccc(F)c(F)c1)CCN2. The van der Waals surface area contributed by atoms with Crippen LogP contribution in [0.2, 0.25) is 0 Å². The summed E-state index contributed by atoms with van der Waals surface area (Å²) in [5.74, 6) is -0.214. The Bertz CT molecular complexity index is 609. The van der Waals surface area contributed by atoms with Crippen molar-refractivity contribution >= 4 is 5.95 Å². The van der Waals surface area contributed by atoms with Crippen molar-refractivity contribution in [3.8, 4) is 0 Å². The lowest BCUT2D eigenvalue weighted by Crippen LogP contribution is -2.24. The Morgan fingerprint density at radius 3 is 2.95 bits per heavy atom. The van der Waals surface area contributed by atoms with E-state index in [4.69, 9.17) is 0 Å². The monoisotopic (exact) mass is 264 g/mol. The zero-order valence-electron chi connectivity index (χ0n) is 10.5. The first kappa shape index (κ1) is 12.1. The summed E-state index contributed by atoms with van der Waals surface area (Å²) in [5.41, 5.74) is 0.717. The minimum Gasteiger partial charge on any atom is -0.354 e. The van der Waals surface area contributed by atoms with Gasteiger partial charge >= 0.3 is 0 Å². The van der Waals surface area contributed by atoms with Gasteiger partial charge in [0.2, 0.25) is 5.95 Å². The van der Waals surface area contributed by atoms with Crippen LogP contribution in [0.4, 0.5) is 14.7 Å². The van der Waals surface area contributed by atoms with Crippen LogP contribution in [0.1, 0.15) is 30.8 Å². The predicted octanol–water partition coefficient (Wildman–Crippen LogP) is 2.52. The molecule has 100 valence electrons. The average molecular weight is 264 g/mol. The number of fused-ring (bicyclic) bond motifs is 1. The zero-order valence-corrected chi connectivity index (χ0v) is 10.5. The minimum atomic E-state index is -0.828. The number of nitrogens with one attached hydrogen (secondary N) is 1. The Hall–Kier alpha value is -1.98. The van der Waals surface area contributed by atoms with Gasteiger partial charge in [0.1, 0.15) is 0 Å². The first-order valence-electron chi connectivity index (χ1n) is 6.33. The van der Waals surface area contributed by atoms with Crippen molar-refractivity contribution in [1.29, 1.82) is 0 Å². The van der Waals surface area contributed by atoms with Crippen LogP contribution in [0.5, 0.6) is 0 Å². The van der Waals surface area contributed by atoms with Crippen molar-refractivity contribution in [3.63, 3.8) is 0 Å². The Morgan fingerprint density at radius 1 is 1.37 bits per heavy atom. The molecule has 3 rings (SSSR count). The Morgan fingerprint density at radius 2 is 2.21 bits per heavy atom. The van der Waals surface area contributed by atoms with E-state index >= 15 is 0 Å². The van der Waals surface area contributed by atoms with E-state index in [-0.39, 0.29) is 6.04 Å². The van der Waals surface area contributed by atoms with Crippen LogP contribution in [0, 0.1) is 11.6 Å². The molecule has 0 amide bonds. The molecule has 0 saturated carbocycles. The minimum absolute atomic E-state index is 0.0980. The molecule has 2 heterocycles. The van der Waals surface area contributed by atoms with Crippen molar-refractivity contribution in [2.75, 3.05) is 11.9 Å². The molecule has 6 heteroatoms. The fourth-order valence-electron chi connectivity index (χ4n) is 2.33. The van der Waals surface area contributed by atoms with Crippen molar-refractivity contribution in [3.05, 3.63) is 41.2 Å². The van der Waals surface area contributed by atoms with Gasteiger partial charge in [0, 0.05) is 13.0 Å². The Balaban J connectivity index is 2.02. The highest BCUT2D eigenvalue weighted by Gasteiger charge is 2.24. The summed E-state index contributed by atoms with van der Waals surface area (Å²) in [7, 11) is 0. The summed E-state index contributed by atoms with van der Waals surface area (Å²) in [6, 6.07) is 3.90. The molecule has 0 fully saturated rings. The van der Waals surface area contributed by atoms with Gasteiger partial charge in [-0.25, -0.2) is 13.5 Å². The quantitative estimate of drug-likeness (QED) is 0.906. The van der Waals surface area contributed by atoms with Gasteiger partial charge < -0.3 is 5.32 Å². The summed E-state index contributed by atoms with van der Waals surface area (Å²) < 4.78 is 28.1. The second kappa shape index (κ2) is 4.60. The molecule has 0 saturated heterocycles. The van der Waals surface area contributed by atoms with E-state index in [0.717, 1.165) is 31.3 Å². The van der Waals surface area contributed by atoms with Crippen LogP contribution >= 0.6 is 0 Å². The molecule has 1 N–H and O–H groups in total. The van der Waals surface area contributed by atoms with Gasteiger partial charge in [0.05, 0.1) is 6.04 Å². The van der Waals surface area contributed by atoms with Gasteiger partial charge in [-0.3, -0.25) is 0 Å². The first-order valence-corrected chi connectivity index (χ1v) is 6.33. The molecule has 1 aliphatic heterocycles. The highest BCUT2D eigenvalue weighted by molar-refractivity contribution is 5.33. The molecule has 19 heavy (non-hydrogen) atoms. The molecular weight excluding hydrogens is 250 g/mol. The number of rotatable bonds is 2. The molecule has 1 atom stereocenters. The van der Waals surface area contributed by atoms with Crippen molar-refractivity contribution in [2.24, 2.45) is 0 Å². The van der Waals surface area contributed by atoms with Gasteiger partial charge in [-0.2, -0.15) is 10.1 Å². The van der Waals surface area contributed by atoms with Gasteiger partial charge in [-0.1, -0.05) is 13.0 Å². The largest absolute Gasteiger partial charge is 0.354 e. The van der Waals surface area contributed by atoms with Crippen molar-refractivity contribution in [2.45, 2.75) is 25.8 Å². The third kappa shape index (κ3) is 2.07. The molecule has 1 aromatic heterocycles. The molecule has 0 bridgehead atoms. The van der Waals surface area contributed by atoms with Crippen LogP contribution in [0.3, 0.4) is 0 Å². The van der Waals surface area contributed by atoms with E-state index in [2.05, 4.69) is 15.4 Å². The number of hydrogen-bond acceptors (Lipinski definition) is 3. The second-order valence-electron chi connectivity index (χ2n) is 4.55. The fourth-order valence-corrected chi connectivity index (χ4v) is 2.33. The van der Waals surface area contributed by atoms with E-state index in [0.29, 0.717) is 11.5 Å². The van der Waals surface area contributed by atoms with E-state index in [1.807, 2.05) is 6.92 Å². The van der Waals surface area contributed by atoms with Crippen LogP contribution in [0.15, 0.2) is 18.2 Å². The summed E-state index contributed by atoms with van der Waals surface area (Å²) in [6.45, 7) is 2.72. The van der Waals surface area contributed by atoms with E-state index < -0.39 is 11.6 Å². The number of nitrogens with zero attached hydrogens (tertiary/aromatic N) is 3. The summed E-state index contributed by atoms with van der Waals surface area (Å²) in [5, 5.41) is 7.57. The lowest BCUT2D eigenvalue weighted by molar-refractivity contribution is 0.466. The second-order valence-corrected chi connectivity index (χ2v) is 4.55. The summed E-state index contributed by atoms with van der Waals surface area (Å²) in [6.07, 6.45) is 1.51. The molecule has 0 radical (unpaired) electrons. The maximum atomic E-state index is 13.3. The average Bonchev–Trinajstić information content (AvgIpc) is 2.85. The normalized spacial score (nSPS) is 17.9. The highest BCUT2D eigenvalue weighted by Crippen LogP contribution is 2.29. The molecule has 2 aromatic rings. The van der Waals surface area contributed by atoms with Crippen LogP contribution in [-0.4, -0.2) is 21.3 Å². The third-order valence-electron chi connectivity index (χ3n) is 3.32. The zero-order chi connectivity index (χ0) is 13.4. The summed E-state index contributed by atoms with van der Waals surface area (Å²) in [4.78, 5) is 4.36. The van der Waals surface area contributed by atoms with E-state index in [1.165, 1.54) is 6.07 Å². The predicted molar refractivity (Wildman–Crippen MR) is 67.0 cm³/mol. The maximum Gasteiger partial charge on any atom is 0.221 e. The maximum absolute atomic E-state index is 13.3. The number of aromatic nitrogens is 3. The third-order valence-corrected chi connectivity index (χ3v) is 3.32. The molecule has 1 unspecified atom stereocenters. The van der Waals surface area contributed by atoms with Gasteiger partial charge in [0.15, 0.2) is 17.5 Å². The Kier molecular flexibility index (Phi) is 2.93. The number of anilines is 1. The molecule has 0 spiro atoms. The van der Waals surface area contributed by atoms with Crippen molar-refractivity contribution in [1.82, 2.24) is 14.8 Å². The molecule has 1 aliphatic rings. The first-order chi connectivity index (χ1) is 9.19. The van der Waals surface area contributed by atoms with E-state index in [1.54, 1.807) is 10.7 Å². The lowest BCUT2D eigenvalue weighted by Gasteiger charge is -2.24. The number of aryl methyl sites for hydroxylation is 1. The molecule has 0 aliphatic carbocycles. The van der Waals surface area contributed by atoms with Gasteiger partial charge in [-0.15, -0.1) is 0 Å². The Labute approximate surface area is 109 Å². The number of halogens is 2. The molecular formula is C13H14F2N4. The fraction of sp³-hybridized carbons (Fsp3) is 0.385. The standard InChI is InChI=1S/C13H14F2N4/c1-2-12-17-13-16-6-5-11(19(13)18-12)8-3-4-9(14)10(15)7-8/h3-4,7,11H,2,5-6H2,1H3,(H,16,17,18). The number of hydrogen-bond donors (Lipinski definition) is 1. The van der Waals surface area contributed by atoms with Gasteiger partial charge in [0.25, 0.3) is 0 Å². The summed E-state index contributed by atoms with van der Waals surface area (Å²) >= 11 is 0.